The lowest BCUT2D eigenvalue weighted by Gasteiger charge is -2.26. The molecule has 0 saturated carbocycles. The Hall–Kier alpha value is -2.75. The molecular weight excluding hydrogens is 406 g/mol. The molecule has 0 atom stereocenters. The van der Waals surface area contributed by atoms with Gasteiger partial charge in [-0.2, -0.15) is 4.31 Å². The molecule has 1 fully saturated rings. The second-order valence-electron chi connectivity index (χ2n) is 6.80. The molecule has 1 saturated heterocycles. The van der Waals surface area contributed by atoms with E-state index in [0.717, 1.165) is 11.1 Å². The van der Waals surface area contributed by atoms with Gasteiger partial charge in [0, 0.05) is 25.2 Å². The van der Waals surface area contributed by atoms with Gasteiger partial charge in [-0.25, -0.2) is 8.42 Å². The minimum absolute atomic E-state index is 0.0137. The normalized spacial score (nSPS) is 14.8. The number of morpholine rings is 1. The summed E-state index contributed by atoms with van der Waals surface area (Å²) >= 11 is 0. The van der Waals surface area contributed by atoms with Crippen LogP contribution >= 0.6 is 0 Å². The summed E-state index contributed by atoms with van der Waals surface area (Å²) in [6.45, 7) is 1.18. The van der Waals surface area contributed by atoms with Crippen LogP contribution in [0, 0.1) is 0 Å². The van der Waals surface area contributed by atoms with E-state index < -0.39 is 15.9 Å². The van der Waals surface area contributed by atoms with Crippen LogP contribution in [0.2, 0.25) is 0 Å². The molecular formula is C21H25N3O5S. The van der Waals surface area contributed by atoms with Crippen molar-refractivity contribution in [1.29, 1.82) is 0 Å². The maximum atomic E-state index is 12.2. The van der Waals surface area contributed by atoms with Crippen LogP contribution in [0.25, 0.3) is 11.1 Å². The highest BCUT2D eigenvalue weighted by molar-refractivity contribution is 7.89. The average molecular weight is 432 g/mol. The van der Waals surface area contributed by atoms with Gasteiger partial charge < -0.3 is 15.4 Å². The molecule has 1 aliphatic rings. The highest BCUT2D eigenvalue weighted by Gasteiger charge is 2.23. The van der Waals surface area contributed by atoms with Crippen molar-refractivity contribution in [2.75, 3.05) is 45.1 Å². The van der Waals surface area contributed by atoms with Crippen molar-refractivity contribution >= 4 is 21.8 Å². The van der Waals surface area contributed by atoms with Crippen LogP contribution in [0.15, 0.2) is 54.6 Å². The topological polar surface area (TPSA) is 105 Å². The summed E-state index contributed by atoms with van der Waals surface area (Å²) in [7, 11) is -3.43. The molecule has 1 heterocycles. The van der Waals surface area contributed by atoms with E-state index in [0.29, 0.717) is 31.9 Å². The summed E-state index contributed by atoms with van der Waals surface area (Å²) in [4.78, 5) is 24.2. The number of nitrogens with one attached hydrogen (secondary N) is 2. The van der Waals surface area contributed by atoms with Gasteiger partial charge >= 0.3 is 0 Å². The number of sulfonamides is 1. The Bertz CT molecular complexity index is 956. The number of hydrogen-bond donors (Lipinski definition) is 2. The highest BCUT2D eigenvalue weighted by atomic mass is 32.2. The van der Waals surface area contributed by atoms with E-state index in [1.807, 2.05) is 42.5 Å². The van der Waals surface area contributed by atoms with Crippen LogP contribution in [-0.4, -0.2) is 69.7 Å². The van der Waals surface area contributed by atoms with Crippen LogP contribution in [0.1, 0.15) is 10.4 Å². The lowest BCUT2D eigenvalue weighted by atomic mass is 10.0. The number of hydrogen-bond acceptors (Lipinski definition) is 5. The Balaban J connectivity index is 1.41. The first kappa shape index (κ1) is 21.9. The summed E-state index contributed by atoms with van der Waals surface area (Å²) in [5.41, 5.74) is 2.49. The van der Waals surface area contributed by atoms with Crippen LogP contribution < -0.4 is 10.6 Å². The van der Waals surface area contributed by atoms with E-state index in [2.05, 4.69) is 10.6 Å². The maximum absolute atomic E-state index is 12.2. The van der Waals surface area contributed by atoms with E-state index in [-0.39, 0.29) is 24.7 Å². The quantitative estimate of drug-likeness (QED) is 0.645. The van der Waals surface area contributed by atoms with Crippen molar-refractivity contribution in [2.24, 2.45) is 0 Å². The maximum Gasteiger partial charge on any atom is 0.251 e. The molecule has 0 bridgehead atoms. The molecule has 3 rings (SSSR count). The number of nitrogens with zero attached hydrogens (tertiary/aromatic N) is 1. The van der Waals surface area contributed by atoms with Gasteiger partial charge in [-0.15, -0.1) is 0 Å². The molecule has 1 aliphatic heterocycles. The van der Waals surface area contributed by atoms with Gasteiger partial charge in [0.15, 0.2) is 0 Å². The van der Waals surface area contributed by atoms with Crippen molar-refractivity contribution in [2.45, 2.75) is 0 Å². The number of rotatable bonds is 8. The molecule has 2 aromatic carbocycles. The summed E-state index contributed by atoms with van der Waals surface area (Å²) in [5, 5.41) is 5.07. The van der Waals surface area contributed by atoms with Crippen LogP contribution in [-0.2, 0) is 19.6 Å². The first-order chi connectivity index (χ1) is 14.5. The van der Waals surface area contributed by atoms with Crippen molar-refractivity contribution < 1.29 is 22.7 Å². The Labute approximate surface area is 176 Å². The third-order valence-corrected chi connectivity index (χ3v) is 6.58. The standard InChI is InChI=1S/C21H25N3O5S/c25-20(22-10-15-30(27,28)24-11-13-29-14-12-24)16-23-21(26)19-8-6-18(7-9-19)17-4-2-1-3-5-17/h1-9H,10-16H2,(H,22,25)(H,23,26). The Kier molecular flexibility index (Phi) is 7.56. The fourth-order valence-corrected chi connectivity index (χ4v) is 4.37. The zero-order valence-corrected chi connectivity index (χ0v) is 17.4. The Morgan fingerprint density at radius 1 is 0.900 bits per heavy atom. The van der Waals surface area contributed by atoms with Crippen molar-refractivity contribution in [3.05, 3.63) is 60.2 Å². The molecule has 30 heavy (non-hydrogen) atoms. The number of amides is 2. The van der Waals surface area contributed by atoms with E-state index in [4.69, 9.17) is 4.74 Å². The second-order valence-corrected chi connectivity index (χ2v) is 8.89. The molecule has 2 aromatic rings. The third-order valence-electron chi connectivity index (χ3n) is 4.71. The molecule has 0 aliphatic carbocycles. The molecule has 0 radical (unpaired) electrons. The van der Waals surface area contributed by atoms with Crippen LogP contribution in [0.4, 0.5) is 0 Å². The van der Waals surface area contributed by atoms with Gasteiger partial charge in [0.05, 0.1) is 25.5 Å². The van der Waals surface area contributed by atoms with E-state index >= 15 is 0 Å². The monoisotopic (exact) mass is 431 g/mol. The van der Waals surface area contributed by atoms with Gasteiger partial charge in [-0.3, -0.25) is 9.59 Å². The van der Waals surface area contributed by atoms with Gasteiger partial charge in [-0.1, -0.05) is 42.5 Å². The Morgan fingerprint density at radius 2 is 1.53 bits per heavy atom. The molecule has 2 N–H and O–H groups in total. The second kappa shape index (κ2) is 10.3. The van der Waals surface area contributed by atoms with Crippen LogP contribution in [0.3, 0.4) is 0 Å². The number of ether oxygens (including phenoxy) is 1. The predicted molar refractivity (Wildman–Crippen MR) is 113 cm³/mol. The number of benzene rings is 2. The number of carbonyl (C=O) groups is 2. The van der Waals surface area contributed by atoms with E-state index in [1.165, 1.54) is 4.31 Å². The SMILES string of the molecule is O=C(CNC(=O)c1ccc(-c2ccccc2)cc1)NCCS(=O)(=O)N1CCOCC1. The predicted octanol–water partition coefficient (Wildman–Crippen LogP) is 0.862. The summed E-state index contributed by atoms with van der Waals surface area (Å²) in [6.07, 6.45) is 0. The minimum Gasteiger partial charge on any atom is -0.379 e. The zero-order chi connectivity index (χ0) is 21.4. The third kappa shape index (κ3) is 6.12. The number of carbonyl (C=O) groups excluding carboxylic acids is 2. The fourth-order valence-electron chi connectivity index (χ4n) is 3.04. The molecule has 0 aromatic heterocycles. The van der Waals surface area contributed by atoms with Gasteiger partial charge in [0.1, 0.15) is 0 Å². The zero-order valence-electron chi connectivity index (χ0n) is 16.5. The highest BCUT2D eigenvalue weighted by Crippen LogP contribution is 2.19. The van der Waals surface area contributed by atoms with Crippen molar-refractivity contribution in [3.8, 4) is 11.1 Å². The van der Waals surface area contributed by atoms with E-state index in [1.54, 1.807) is 12.1 Å². The Morgan fingerprint density at radius 3 is 2.20 bits per heavy atom. The smallest absolute Gasteiger partial charge is 0.251 e. The fraction of sp³-hybridized carbons (Fsp3) is 0.333. The summed E-state index contributed by atoms with van der Waals surface area (Å²) in [6, 6.07) is 16.9. The molecule has 2 amide bonds. The molecule has 8 nitrogen and oxygen atoms in total. The minimum atomic E-state index is -3.43. The van der Waals surface area contributed by atoms with E-state index in [9.17, 15) is 18.0 Å². The molecule has 0 spiro atoms. The molecule has 0 unspecified atom stereocenters. The summed E-state index contributed by atoms with van der Waals surface area (Å²) in [5.74, 6) is -1.000. The van der Waals surface area contributed by atoms with Gasteiger partial charge in [0.25, 0.3) is 5.91 Å². The first-order valence-electron chi connectivity index (χ1n) is 9.72. The largest absolute Gasteiger partial charge is 0.379 e. The molecule has 9 heteroatoms. The average Bonchev–Trinajstić information content (AvgIpc) is 2.78. The summed E-state index contributed by atoms with van der Waals surface area (Å²) < 4.78 is 30.9. The molecule has 160 valence electrons. The van der Waals surface area contributed by atoms with Crippen molar-refractivity contribution in [3.63, 3.8) is 0 Å². The van der Waals surface area contributed by atoms with Gasteiger partial charge in [-0.05, 0) is 23.3 Å². The van der Waals surface area contributed by atoms with Crippen LogP contribution in [0.5, 0.6) is 0 Å². The first-order valence-corrected chi connectivity index (χ1v) is 11.3. The van der Waals surface area contributed by atoms with Crippen molar-refractivity contribution in [1.82, 2.24) is 14.9 Å². The van der Waals surface area contributed by atoms with Gasteiger partial charge in [0.2, 0.25) is 15.9 Å². The lowest BCUT2D eigenvalue weighted by Crippen LogP contribution is -2.44. The lowest BCUT2D eigenvalue weighted by molar-refractivity contribution is -0.120.